The fraction of sp³-hybridized carbons (Fsp3) is 0.875. The van der Waals surface area contributed by atoms with E-state index in [4.69, 9.17) is 4.74 Å². The van der Waals surface area contributed by atoms with Crippen LogP contribution in [-0.2, 0) is 9.53 Å². The van der Waals surface area contributed by atoms with Crippen LogP contribution in [0.25, 0.3) is 0 Å². The van der Waals surface area contributed by atoms with Gasteiger partial charge in [-0.2, -0.15) is 0 Å². The summed E-state index contributed by atoms with van der Waals surface area (Å²) in [5, 5.41) is 0. The molecule has 0 bridgehead atoms. The van der Waals surface area contributed by atoms with E-state index >= 15 is 0 Å². The average molecular weight is 367 g/mol. The Morgan fingerprint density at radius 2 is 1.00 bits per heavy atom. The Balaban J connectivity index is 3.06. The molecule has 0 aliphatic heterocycles. The van der Waals surface area contributed by atoms with Crippen LogP contribution in [0.2, 0.25) is 0 Å². The van der Waals surface area contributed by atoms with Crippen molar-refractivity contribution in [3.63, 3.8) is 0 Å². The molecule has 0 atom stereocenters. The van der Waals surface area contributed by atoms with Gasteiger partial charge in [0.25, 0.3) is 0 Å². The maximum absolute atomic E-state index is 10.6. The van der Waals surface area contributed by atoms with Gasteiger partial charge in [0.05, 0.1) is 6.61 Å². The summed E-state index contributed by atoms with van der Waals surface area (Å²) in [5.41, 5.74) is 0. The highest BCUT2D eigenvalue weighted by molar-refractivity contribution is 5.65. The lowest BCUT2D eigenvalue weighted by molar-refractivity contribution is -0.141. The van der Waals surface area contributed by atoms with Gasteiger partial charge in [-0.25, -0.2) is 0 Å². The molecular weight excluding hydrogens is 320 g/mol. The topological polar surface area (TPSA) is 26.3 Å². The van der Waals surface area contributed by atoms with Crippen molar-refractivity contribution >= 4 is 5.97 Å². The van der Waals surface area contributed by atoms with Crippen molar-refractivity contribution in [1.82, 2.24) is 0 Å². The second kappa shape index (κ2) is 22.3. The standard InChI is InChI=1S/C24H46O2/c1-3-4-5-6-7-8-9-10-11-12-13-14-15-16-17-18-19-20-21-22-23-26-24(2)25/h10-11H,3-9,12-23H2,1-2H3/b11-10-. The third kappa shape index (κ3) is 23.2. The van der Waals surface area contributed by atoms with Crippen molar-refractivity contribution in [3.8, 4) is 0 Å². The van der Waals surface area contributed by atoms with Gasteiger partial charge in [0.1, 0.15) is 0 Å². The molecule has 0 aromatic heterocycles. The van der Waals surface area contributed by atoms with Crippen LogP contribution in [0, 0.1) is 0 Å². The molecule has 0 spiro atoms. The number of allylic oxidation sites excluding steroid dienone is 2. The quantitative estimate of drug-likeness (QED) is 0.123. The summed E-state index contributed by atoms with van der Waals surface area (Å²) in [6.45, 7) is 4.36. The third-order valence-corrected chi connectivity index (χ3v) is 4.96. The largest absolute Gasteiger partial charge is 0.466 e. The lowest BCUT2D eigenvalue weighted by atomic mass is 10.1. The van der Waals surface area contributed by atoms with Crippen LogP contribution in [0.1, 0.15) is 129 Å². The molecule has 0 unspecified atom stereocenters. The zero-order valence-corrected chi connectivity index (χ0v) is 17.9. The Hall–Kier alpha value is -0.790. The zero-order valence-electron chi connectivity index (χ0n) is 17.9. The molecule has 0 saturated heterocycles. The van der Waals surface area contributed by atoms with Crippen molar-refractivity contribution < 1.29 is 9.53 Å². The van der Waals surface area contributed by atoms with E-state index in [0.717, 1.165) is 6.42 Å². The van der Waals surface area contributed by atoms with E-state index in [0.29, 0.717) is 6.61 Å². The van der Waals surface area contributed by atoms with Crippen LogP contribution in [-0.4, -0.2) is 12.6 Å². The highest BCUT2D eigenvalue weighted by atomic mass is 16.5. The van der Waals surface area contributed by atoms with E-state index < -0.39 is 0 Å². The van der Waals surface area contributed by atoms with Crippen molar-refractivity contribution in [1.29, 1.82) is 0 Å². The summed E-state index contributed by atoms with van der Waals surface area (Å²) in [6.07, 6.45) is 28.9. The Kier molecular flexibility index (Phi) is 21.6. The summed E-state index contributed by atoms with van der Waals surface area (Å²) < 4.78 is 4.94. The van der Waals surface area contributed by atoms with Crippen molar-refractivity contribution in [2.75, 3.05) is 6.61 Å². The van der Waals surface area contributed by atoms with E-state index in [9.17, 15) is 4.79 Å². The van der Waals surface area contributed by atoms with Crippen LogP contribution in [0.5, 0.6) is 0 Å². The predicted molar refractivity (Wildman–Crippen MR) is 115 cm³/mol. The molecule has 2 heteroatoms. The minimum absolute atomic E-state index is 0.154. The van der Waals surface area contributed by atoms with Crippen molar-refractivity contribution in [2.24, 2.45) is 0 Å². The average Bonchev–Trinajstić information content (AvgIpc) is 2.62. The molecule has 0 aliphatic carbocycles. The summed E-state index contributed by atoms with van der Waals surface area (Å²) in [5.74, 6) is -0.154. The Labute approximate surface area is 164 Å². The van der Waals surface area contributed by atoms with Crippen molar-refractivity contribution in [2.45, 2.75) is 129 Å². The summed E-state index contributed by atoms with van der Waals surface area (Å²) in [4.78, 5) is 10.6. The third-order valence-electron chi connectivity index (χ3n) is 4.96. The molecule has 154 valence electrons. The molecule has 0 aliphatic rings. The predicted octanol–water partition coefficient (Wildman–Crippen LogP) is 8.15. The number of unbranched alkanes of at least 4 members (excludes halogenated alkanes) is 16. The van der Waals surface area contributed by atoms with Gasteiger partial charge >= 0.3 is 5.97 Å². The first kappa shape index (κ1) is 25.2. The van der Waals surface area contributed by atoms with Crippen LogP contribution < -0.4 is 0 Å². The van der Waals surface area contributed by atoms with Gasteiger partial charge in [-0.05, 0) is 32.1 Å². The van der Waals surface area contributed by atoms with Gasteiger partial charge < -0.3 is 4.74 Å². The minimum Gasteiger partial charge on any atom is -0.466 e. The lowest BCUT2D eigenvalue weighted by Gasteiger charge is -2.03. The van der Waals surface area contributed by atoms with Crippen LogP contribution in [0.3, 0.4) is 0 Å². The number of rotatable bonds is 20. The van der Waals surface area contributed by atoms with Crippen LogP contribution in [0.15, 0.2) is 12.2 Å². The smallest absolute Gasteiger partial charge is 0.302 e. The fourth-order valence-electron chi connectivity index (χ4n) is 3.27. The highest BCUT2D eigenvalue weighted by Crippen LogP contribution is 2.12. The summed E-state index contributed by atoms with van der Waals surface area (Å²) in [6, 6.07) is 0. The zero-order chi connectivity index (χ0) is 19.1. The minimum atomic E-state index is -0.154. The molecule has 0 radical (unpaired) electrons. The Morgan fingerprint density at radius 1 is 0.615 bits per heavy atom. The van der Waals surface area contributed by atoms with E-state index in [-0.39, 0.29) is 5.97 Å². The lowest BCUT2D eigenvalue weighted by Crippen LogP contribution is -2.00. The van der Waals surface area contributed by atoms with Crippen LogP contribution in [0.4, 0.5) is 0 Å². The molecule has 0 amide bonds. The monoisotopic (exact) mass is 366 g/mol. The molecule has 0 rings (SSSR count). The second-order valence-corrected chi connectivity index (χ2v) is 7.69. The number of esters is 1. The fourth-order valence-corrected chi connectivity index (χ4v) is 3.27. The van der Waals surface area contributed by atoms with Gasteiger partial charge in [0.2, 0.25) is 0 Å². The second-order valence-electron chi connectivity index (χ2n) is 7.69. The SMILES string of the molecule is CCCCCCCC/C=C\CCCCCCCCCCCCOC(C)=O. The number of hydrogen-bond acceptors (Lipinski definition) is 2. The summed E-state index contributed by atoms with van der Waals surface area (Å²) in [7, 11) is 0. The Bertz CT molecular complexity index is 309. The molecular formula is C24H46O2. The van der Waals surface area contributed by atoms with Crippen molar-refractivity contribution in [3.05, 3.63) is 12.2 Å². The molecule has 26 heavy (non-hydrogen) atoms. The van der Waals surface area contributed by atoms with Gasteiger partial charge in [0.15, 0.2) is 0 Å². The van der Waals surface area contributed by atoms with Gasteiger partial charge in [-0.15, -0.1) is 0 Å². The maximum atomic E-state index is 10.6. The van der Waals surface area contributed by atoms with Crippen LogP contribution >= 0.6 is 0 Å². The number of ether oxygens (including phenoxy) is 1. The number of hydrogen-bond donors (Lipinski definition) is 0. The highest BCUT2D eigenvalue weighted by Gasteiger charge is 1.95. The van der Waals surface area contributed by atoms with E-state index in [2.05, 4.69) is 19.1 Å². The maximum Gasteiger partial charge on any atom is 0.302 e. The molecule has 0 fully saturated rings. The van der Waals surface area contributed by atoms with E-state index in [1.807, 2.05) is 0 Å². The molecule has 0 heterocycles. The number of carbonyl (C=O) groups excluding carboxylic acids is 1. The molecule has 2 nitrogen and oxygen atoms in total. The first-order valence-electron chi connectivity index (χ1n) is 11.6. The molecule has 0 N–H and O–H groups in total. The van der Waals surface area contributed by atoms with E-state index in [1.165, 1.54) is 116 Å². The molecule has 0 aromatic carbocycles. The molecule has 0 aromatic rings. The summed E-state index contributed by atoms with van der Waals surface area (Å²) >= 11 is 0. The van der Waals surface area contributed by atoms with E-state index in [1.54, 1.807) is 0 Å². The normalized spacial score (nSPS) is 11.3. The first-order chi connectivity index (χ1) is 12.8. The van der Waals surface area contributed by atoms with Gasteiger partial charge in [0, 0.05) is 6.92 Å². The Morgan fingerprint density at radius 3 is 1.42 bits per heavy atom. The first-order valence-corrected chi connectivity index (χ1v) is 11.6. The van der Waals surface area contributed by atoms with Gasteiger partial charge in [-0.1, -0.05) is 103 Å². The van der Waals surface area contributed by atoms with Gasteiger partial charge in [-0.3, -0.25) is 4.79 Å². The molecule has 0 saturated carbocycles. The number of carbonyl (C=O) groups is 1.